The SMILES string of the molecule is CN1CCCCC1c1cn2ccc(CN)cc2n1. The van der Waals surface area contributed by atoms with Crippen molar-refractivity contribution in [1.29, 1.82) is 0 Å². The van der Waals surface area contributed by atoms with E-state index in [4.69, 9.17) is 10.7 Å². The highest BCUT2D eigenvalue weighted by molar-refractivity contribution is 5.43. The lowest BCUT2D eigenvalue weighted by molar-refractivity contribution is 0.184. The molecular formula is C14H20N4. The Bertz CT molecular complexity index is 546. The minimum Gasteiger partial charge on any atom is -0.326 e. The third-order valence-electron chi connectivity index (χ3n) is 3.89. The fourth-order valence-electron chi connectivity index (χ4n) is 2.78. The van der Waals surface area contributed by atoms with Gasteiger partial charge < -0.3 is 10.1 Å². The van der Waals surface area contributed by atoms with Crippen LogP contribution >= 0.6 is 0 Å². The lowest BCUT2D eigenvalue weighted by Crippen LogP contribution is -2.29. The van der Waals surface area contributed by atoms with E-state index in [1.165, 1.54) is 31.5 Å². The molecule has 0 amide bonds. The van der Waals surface area contributed by atoms with Crippen molar-refractivity contribution in [3.63, 3.8) is 0 Å². The topological polar surface area (TPSA) is 46.6 Å². The standard InChI is InChI=1S/C14H20N4/c1-17-6-3-2-4-13(17)12-10-18-7-5-11(9-15)8-14(18)16-12/h5,7-8,10,13H,2-4,6,9,15H2,1H3. The van der Waals surface area contributed by atoms with Gasteiger partial charge >= 0.3 is 0 Å². The smallest absolute Gasteiger partial charge is 0.137 e. The van der Waals surface area contributed by atoms with Gasteiger partial charge in [0, 0.05) is 18.9 Å². The number of piperidine rings is 1. The van der Waals surface area contributed by atoms with Gasteiger partial charge in [0.15, 0.2) is 0 Å². The minimum absolute atomic E-state index is 0.472. The Kier molecular flexibility index (Phi) is 3.06. The molecule has 2 N–H and O–H groups in total. The maximum atomic E-state index is 5.67. The molecule has 1 fully saturated rings. The van der Waals surface area contributed by atoms with E-state index in [1.54, 1.807) is 0 Å². The maximum Gasteiger partial charge on any atom is 0.137 e. The van der Waals surface area contributed by atoms with Crippen molar-refractivity contribution >= 4 is 5.65 Å². The van der Waals surface area contributed by atoms with Gasteiger partial charge in [0.2, 0.25) is 0 Å². The summed E-state index contributed by atoms with van der Waals surface area (Å²) in [5.74, 6) is 0. The summed E-state index contributed by atoms with van der Waals surface area (Å²) >= 11 is 0. The fraction of sp³-hybridized carbons (Fsp3) is 0.500. The Labute approximate surface area is 107 Å². The molecule has 3 rings (SSSR count). The van der Waals surface area contributed by atoms with E-state index in [2.05, 4.69) is 40.9 Å². The molecule has 1 aliphatic rings. The zero-order valence-corrected chi connectivity index (χ0v) is 10.8. The van der Waals surface area contributed by atoms with Gasteiger partial charge in [0.25, 0.3) is 0 Å². The normalized spacial score (nSPS) is 21.6. The van der Waals surface area contributed by atoms with E-state index in [1.807, 2.05) is 0 Å². The van der Waals surface area contributed by atoms with Gasteiger partial charge in [-0.25, -0.2) is 4.98 Å². The molecule has 1 unspecified atom stereocenters. The minimum atomic E-state index is 0.472. The van der Waals surface area contributed by atoms with Crippen molar-refractivity contribution in [2.24, 2.45) is 5.73 Å². The molecule has 96 valence electrons. The Morgan fingerprint density at radius 3 is 3.11 bits per heavy atom. The van der Waals surface area contributed by atoms with Gasteiger partial charge in [-0.1, -0.05) is 6.42 Å². The van der Waals surface area contributed by atoms with E-state index in [-0.39, 0.29) is 0 Å². The molecule has 0 aromatic carbocycles. The van der Waals surface area contributed by atoms with Crippen LogP contribution in [0.5, 0.6) is 0 Å². The molecule has 4 nitrogen and oxygen atoms in total. The zero-order chi connectivity index (χ0) is 12.5. The quantitative estimate of drug-likeness (QED) is 0.878. The van der Waals surface area contributed by atoms with Crippen LogP contribution in [0.25, 0.3) is 5.65 Å². The number of rotatable bonds is 2. The van der Waals surface area contributed by atoms with Crippen LogP contribution in [0.4, 0.5) is 0 Å². The fourth-order valence-corrected chi connectivity index (χ4v) is 2.78. The van der Waals surface area contributed by atoms with Gasteiger partial charge in [-0.05, 0) is 44.1 Å². The van der Waals surface area contributed by atoms with Crippen LogP contribution in [0, 0.1) is 0 Å². The van der Waals surface area contributed by atoms with Crippen LogP contribution in [0.1, 0.15) is 36.6 Å². The molecule has 2 aromatic rings. The van der Waals surface area contributed by atoms with Gasteiger partial charge in [-0.2, -0.15) is 0 Å². The van der Waals surface area contributed by atoms with Crippen LogP contribution in [-0.4, -0.2) is 27.9 Å². The molecule has 1 saturated heterocycles. The third kappa shape index (κ3) is 2.02. The van der Waals surface area contributed by atoms with Crippen molar-refractivity contribution in [1.82, 2.24) is 14.3 Å². The zero-order valence-electron chi connectivity index (χ0n) is 10.8. The molecule has 4 heteroatoms. The highest BCUT2D eigenvalue weighted by Crippen LogP contribution is 2.28. The lowest BCUT2D eigenvalue weighted by Gasteiger charge is -2.31. The van der Waals surface area contributed by atoms with Crippen LogP contribution in [0.15, 0.2) is 24.5 Å². The van der Waals surface area contributed by atoms with Crippen molar-refractivity contribution in [3.05, 3.63) is 35.8 Å². The summed E-state index contributed by atoms with van der Waals surface area (Å²) in [7, 11) is 2.19. The molecule has 0 radical (unpaired) electrons. The summed E-state index contributed by atoms with van der Waals surface area (Å²) in [6.07, 6.45) is 8.03. The molecule has 1 atom stereocenters. The summed E-state index contributed by atoms with van der Waals surface area (Å²) in [5, 5.41) is 0. The first-order chi connectivity index (χ1) is 8.78. The first-order valence-corrected chi connectivity index (χ1v) is 6.66. The number of nitrogens with zero attached hydrogens (tertiary/aromatic N) is 3. The van der Waals surface area contributed by atoms with Gasteiger partial charge in [0.1, 0.15) is 5.65 Å². The van der Waals surface area contributed by atoms with Crippen LogP contribution in [0.3, 0.4) is 0 Å². The highest BCUT2D eigenvalue weighted by Gasteiger charge is 2.22. The second-order valence-corrected chi connectivity index (χ2v) is 5.16. The summed E-state index contributed by atoms with van der Waals surface area (Å²) in [6.45, 7) is 1.74. The predicted molar refractivity (Wildman–Crippen MR) is 72.3 cm³/mol. The molecule has 0 saturated carbocycles. The Balaban J connectivity index is 1.97. The van der Waals surface area contributed by atoms with Crippen molar-refractivity contribution in [3.8, 4) is 0 Å². The number of imidazole rings is 1. The van der Waals surface area contributed by atoms with Gasteiger partial charge in [0.05, 0.1) is 11.7 Å². The Morgan fingerprint density at radius 1 is 1.44 bits per heavy atom. The molecule has 18 heavy (non-hydrogen) atoms. The average molecular weight is 244 g/mol. The number of likely N-dealkylation sites (tertiary alicyclic amines) is 1. The van der Waals surface area contributed by atoms with Gasteiger partial charge in [-0.3, -0.25) is 4.90 Å². The van der Waals surface area contributed by atoms with Gasteiger partial charge in [-0.15, -0.1) is 0 Å². The molecule has 1 aliphatic heterocycles. The monoisotopic (exact) mass is 244 g/mol. The first-order valence-electron chi connectivity index (χ1n) is 6.66. The maximum absolute atomic E-state index is 5.67. The van der Waals surface area contributed by atoms with Crippen LogP contribution in [-0.2, 0) is 6.54 Å². The number of aromatic nitrogens is 2. The number of fused-ring (bicyclic) bond motifs is 1. The number of pyridine rings is 1. The van der Waals surface area contributed by atoms with Crippen molar-refractivity contribution in [2.45, 2.75) is 31.8 Å². The molecular weight excluding hydrogens is 224 g/mol. The Morgan fingerprint density at radius 2 is 2.33 bits per heavy atom. The molecule has 0 spiro atoms. The molecule has 0 aliphatic carbocycles. The van der Waals surface area contributed by atoms with E-state index >= 15 is 0 Å². The summed E-state index contributed by atoms with van der Waals surface area (Å²) in [6, 6.07) is 4.61. The number of hydrogen-bond donors (Lipinski definition) is 1. The second kappa shape index (κ2) is 4.71. The molecule has 2 aromatic heterocycles. The lowest BCUT2D eigenvalue weighted by atomic mass is 10.0. The average Bonchev–Trinajstić information content (AvgIpc) is 2.81. The molecule has 0 bridgehead atoms. The summed E-state index contributed by atoms with van der Waals surface area (Å²) in [4.78, 5) is 7.17. The number of hydrogen-bond acceptors (Lipinski definition) is 3. The van der Waals surface area contributed by atoms with E-state index in [0.29, 0.717) is 12.6 Å². The highest BCUT2D eigenvalue weighted by atomic mass is 15.2. The molecule has 3 heterocycles. The van der Waals surface area contributed by atoms with E-state index < -0.39 is 0 Å². The number of nitrogens with two attached hydrogens (primary N) is 1. The van der Waals surface area contributed by atoms with Crippen molar-refractivity contribution in [2.75, 3.05) is 13.6 Å². The summed E-state index contributed by atoms with van der Waals surface area (Å²) in [5.41, 5.74) is 9.00. The Hall–Kier alpha value is -1.39. The summed E-state index contributed by atoms with van der Waals surface area (Å²) < 4.78 is 2.09. The second-order valence-electron chi connectivity index (χ2n) is 5.16. The van der Waals surface area contributed by atoms with Crippen LogP contribution < -0.4 is 5.73 Å². The van der Waals surface area contributed by atoms with E-state index in [0.717, 1.165) is 11.2 Å². The van der Waals surface area contributed by atoms with Crippen LogP contribution in [0.2, 0.25) is 0 Å². The van der Waals surface area contributed by atoms with E-state index in [9.17, 15) is 0 Å². The predicted octanol–water partition coefficient (Wildman–Crippen LogP) is 1.95. The largest absolute Gasteiger partial charge is 0.326 e. The first kappa shape index (κ1) is 11.7. The van der Waals surface area contributed by atoms with Crippen molar-refractivity contribution < 1.29 is 0 Å². The third-order valence-corrected chi connectivity index (χ3v) is 3.89.